The maximum atomic E-state index is 11.9. The molecule has 7 heteroatoms. The molecule has 0 aliphatic rings. The molecule has 2 aromatic rings. The van der Waals surface area contributed by atoms with Gasteiger partial charge in [0.05, 0.1) is 4.92 Å². The lowest BCUT2D eigenvalue weighted by Gasteiger charge is -2.13. The number of nitrogens with one attached hydrogen (secondary N) is 1. The summed E-state index contributed by atoms with van der Waals surface area (Å²) in [6, 6.07) is 13.2. The van der Waals surface area contributed by atoms with E-state index < -0.39 is 4.92 Å². The van der Waals surface area contributed by atoms with Crippen LogP contribution in [0.25, 0.3) is 0 Å². The normalized spacial score (nSPS) is 10.0. The van der Waals surface area contributed by atoms with Crippen LogP contribution in [0.4, 0.5) is 17.1 Å². The Bertz CT molecular complexity index is 699. The number of anilines is 2. The molecule has 0 radical (unpaired) electrons. The minimum absolute atomic E-state index is 0.0654. The molecule has 2 rings (SSSR count). The Morgan fingerprint density at radius 1 is 1.17 bits per heavy atom. The van der Waals surface area contributed by atoms with Crippen molar-refractivity contribution in [1.29, 1.82) is 0 Å². The van der Waals surface area contributed by atoms with E-state index in [0.29, 0.717) is 5.69 Å². The number of nitro benzene ring substituents is 1. The van der Waals surface area contributed by atoms with Crippen LogP contribution < -0.4 is 15.0 Å². The number of amides is 1. The van der Waals surface area contributed by atoms with Crippen LogP contribution >= 0.6 is 0 Å². The number of rotatable bonds is 6. The zero-order valence-corrected chi connectivity index (χ0v) is 12.9. The average molecular weight is 315 g/mol. The fraction of sp³-hybridized carbons (Fsp3) is 0.188. The minimum atomic E-state index is -0.548. The summed E-state index contributed by atoms with van der Waals surface area (Å²) in [6.07, 6.45) is 0. The first-order valence-corrected chi connectivity index (χ1v) is 6.91. The molecule has 0 saturated carbocycles. The van der Waals surface area contributed by atoms with Crippen LogP contribution in [-0.4, -0.2) is 31.5 Å². The maximum Gasteiger partial charge on any atom is 0.310 e. The third-order valence-electron chi connectivity index (χ3n) is 3.09. The van der Waals surface area contributed by atoms with Gasteiger partial charge in [-0.3, -0.25) is 14.9 Å². The Morgan fingerprint density at radius 2 is 1.83 bits per heavy atom. The van der Waals surface area contributed by atoms with Gasteiger partial charge in [-0.25, -0.2) is 0 Å². The van der Waals surface area contributed by atoms with Crippen molar-refractivity contribution in [2.24, 2.45) is 0 Å². The fourth-order valence-electron chi connectivity index (χ4n) is 1.91. The zero-order chi connectivity index (χ0) is 16.8. The maximum absolute atomic E-state index is 11.9. The quantitative estimate of drug-likeness (QED) is 0.654. The molecular weight excluding hydrogens is 298 g/mol. The van der Waals surface area contributed by atoms with E-state index >= 15 is 0 Å². The largest absolute Gasteiger partial charge is 0.477 e. The number of ether oxygens (including phenoxy) is 1. The summed E-state index contributed by atoms with van der Waals surface area (Å²) >= 11 is 0. The SMILES string of the molecule is CN(C)c1ccc(NC(=O)COc2ccccc2[N+](=O)[O-])cc1. The molecule has 0 aromatic heterocycles. The monoisotopic (exact) mass is 315 g/mol. The molecule has 0 bridgehead atoms. The minimum Gasteiger partial charge on any atom is -0.477 e. The predicted molar refractivity (Wildman–Crippen MR) is 88.0 cm³/mol. The number of nitro groups is 1. The molecule has 0 spiro atoms. The summed E-state index contributed by atoms with van der Waals surface area (Å²) in [5.41, 5.74) is 1.47. The first-order valence-electron chi connectivity index (χ1n) is 6.91. The van der Waals surface area contributed by atoms with Gasteiger partial charge >= 0.3 is 5.69 Å². The molecule has 2 aromatic carbocycles. The van der Waals surface area contributed by atoms with E-state index in [4.69, 9.17) is 4.74 Å². The van der Waals surface area contributed by atoms with E-state index in [9.17, 15) is 14.9 Å². The lowest BCUT2D eigenvalue weighted by molar-refractivity contribution is -0.385. The summed E-state index contributed by atoms with van der Waals surface area (Å²) in [6.45, 7) is -0.305. The van der Waals surface area contributed by atoms with Crippen LogP contribution in [0.2, 0.25) is 0 Å². The lowest BCUT2D eigenvalue weighted by Crippen LogP contribution is -2.20. The van der Waals surface area contributed by atoms with Crippen molar-refractivity contribution >= 4 is 23.0 Å². The Kier molecular flexibility index (Phi) is 5.14. The Balaban J connectivity index is 1.94. The second kappa shape index (κ2) is 7.26. The number of benzene rings is 2. The van der Waals surface area contributed by atoms with Gasteiger partial charge in [-0.1, -0.05) is 12.1 Å². The van der Waals surface area contributed by atoms with E-state index in [2.05, 4.69) is 5.32 Å². The van der Waals surface area contributed by atoms with Crippen LogP contribution in [0.1, 0.15) is 0 Å². The molecule has 0 heterocycles. The van der Waals surface area contributed by atoms with Crippen molar-refractivity contribution in [2.45, 2.75) is 0 Å². The van der Waals surface area contributed by atoms with Crippen LogP contribution in [0.5, 0.6) is 5.75 Å². The second-order valence-electron chi connectivity index (χ2n) is 5.00. The van der Waals surface area contributed by atoms with Gasteiger partial charge in [-0.2, -0.15) is 0 Å². The first kappa shape index (κ1) is 16.3. The highest BCUT2D eigenvalue weighted by molar-refractivity contribution is 5.92. The number of nitrogens with zero attached hydrogens (tertiary/aromatic N) is 2. The molecule has 7 nitrogen and oxygen atoms in total. The van der Waals surface area contributed by atoms with Gasteiger partial charge in [0.2, 0.25) is 0 Å². The van der Waals surface area contributed by atoms with Crippen LogP contribution in [0, 0.1) is 10.1 Å². The van der Waals surface area contributed by atoms with E-state index in [1.54, 1.807) is 18.2 Å². The summed E-state index contributed by atoms with van der Waals surface area (Å²) in [5, 5.41) is 13.5. The Hall–Kier alpha value is -3.09. The molecule has 0 saturated heterocycles. The summed E-state index contributed by atoms with van der Waals surface area (Å²) in [5.74, 6) is -0.323. The van der Waals surface area contributed by atoms with E-state index in [-0.39, 0.29) is 24.0 Å². The third kappa shape index (κ3) is 4.44. The zero-order valence-electron chi connectivity index (χ0n) is 12.9. The van der Waals surface area contributed by atoms with E-state index in [0.717, 1.165) is 5.69 Å². The van der Waals surface area contributed by atoms with Crippen LogP contribution in [0.15, 0.2) is 48.5 Å². The smallest absolute Gasteiger partial charge is 0.310 e. The molecule has 0 atom stereocenters. The summed E-state index contributed by atoms with van der Waals surface area (Å²) in [7, 11) is 3.85. The van der Waals surface area contributed by atoms with Crippen molar-refractivity contribution in [2.75, 3.05) is 30.9 Å². The highest BCUT2D eigenvalue weighted by atomic mass is 16.6. The van der Waals surface area contributed by atoms with Gasteiger partial charge in [0, 0.05) is 31.5 Å². The molecule has 0 fully saturated rings. The number of carbonyl (C=O) groups is 1. The Morgan fingerprint density at radius 3 is 2.43 bits per heavy atom. The standard InChI is InChI=1S/C16H17N3O4/c1-18(2)13-9-7-12(8-10-13)17-16(20)11-23-15-6-4-3-5-14(15)19(21)22/h3-10H,11H2,1-2H3,(H,17,20). The number of hydrogen-bond donors (Lipinski definition) is 1. The molecule has 0 unspecified atom stereocenters. The lowest BCUT2D eigenvalue weighted by atomic mass is 10.2. The molecule has 1 N–H and O–H groups in total. The number of para-hydroxylation sites is 2. The average Bonchev–Trinajstić information content (AvgIpc) is 2.53. The van der Waals surface area contributed by atoms with Gasteiger partial charge in [-0.05, 0) is 30.3 Å². The van der Waals surface area contributed by atoms with Gasteiger partial charge < -0.3 is 15.0 Å². The summed E-state index contributed by atoms with van der Waals surface area (Å²) < 4.78 is 5.23. The fourth-order valence-corrected chi connectivity index (χ4v) is 1.91. The molecule has 120 valence electrons. The second-order valence-corrected chi connectivity index (χ2v) is 5.00. The number of hydrogen-bond acceptors (Lipinski definition) is 5. The van der Waals surface area contributed by atoms with Crippen molar-refractivity contribution in [1.82, 2.24) is 0 Å². The molecule has 0 aliphatic carbocycles. The molecule has 1 amide bonds. The molecule has 23 heavy (non-hydrogen) atoms. The van der Waals surface area contributed by atoms with Crippen LogP contribution in [-0.2, 0) is 4.79 Å². The van der Waals surface area contributed by atoms with Crippen molar-refractivity contribution in [3.63, 3.8) is 0 Å². The first-order chi connectivity index (χ1) is 11.0. The van der Waals surface area contributed by atoms with E-state index in [1.165, 1.54) is 18.2 Å². The van der Waals surface area contributed by atoms with Crippen molar-refractivity contribution in [3.8, 4) is 5.75 Å². The van der Waals surface area contributed by atoms with E-state index in [1.807, 2.05) is 31.1 Å². The third-order valence-corrected chi connectivity index (χ3v) is 3.09. The van der Waals surface area contributed by atoms with Gasteiger partial charge in [0.1, 0.15) is 0 Å². The number of carbonyl (C=O) groups excluding carboxylic acids is 1. The van der Waals surface area contributed by atoms with Gasteiger partial charge in [-0.15, -0.1) is 0 Å². The predicted octanol–water partition coefficient (Wildman–Crippen LogP) is 2.68. The highest BCUT2D eigenvalue weighted by Gasteiger charge is 2.14. The highest BCUT2D eigenvalue weighted by Crippen LogP contribution is 2.25. The van der Waals surface area contributed by atoms with Gasteiger partial charge in [0.25, 0.3) is 5.91 Å². The topological polar surface area (TPSA) is 84.7 Å². The van der Waals surface area contributed by atoms with Crippen molar-refractivity contribution < 1.29 is 14.5 Å². The summed E-state index contributed by atoms with van der Waals surface area (Å²) in [4.78, 5) is 24.1. The molecule has 0 aliphatic heterocycles. The Labute approximate surface area is 133 Å². The molecular formula is C16H17N3O4. The van der Waals surface area contributed by atoms with Crippen LogP contribution in [0.3, 0.4) is 0 Å². The van der Waals surface area contributed by atoms with Crippen molar-refractivity contribution in [3.05, 3.63) is 58.6 Å². The van der Waals surface area contributed by atoms with Gasteiger partial charge in [0.15, 0.2) is 12.4 Å².